The standard InChI is InChI=1S/C13H17N3O4/c14-13(18)20-10-15-4-1-2-11(3-5-15)12(17)16-6-8-19-9-7-16/h2-5H,1,6-10H2,(H-,14,18)/p+1. The molecule has 0 saturated carbocycles. The number of carbonyl (C=O) groups is 2. The molecule has 0 spiro atoms. The zero-order valence-corrected chi connectivity index (χ0v) is 11.2. The van der Waals surface area contributed by atoms with Crippen molar-refractivity contribution >= 4 is 18.2 Å². The van der Waals surface area contributed by atoms with Crippen molar-refractivity contribution in [1.29, 1.82) is 0 Å². The zero-order chi connectivity index (χ0) is 14.4. The van der Waals surface area contributed by atoms with Crippen LogP contribution in [-0.4, -0.2) is 60.7 Å². The fourth-order valence-electron chi connectivity index (χ4n) is 1.96. The summed E-state index contributed by atoms with van der Waals surface area (Å²) in [5.74, 6) is -0.00406. The predicted octanol–water partition coefficient (Wildman–Crippen LogP) is -0.175. The lowest BCUT2D eigenvalue weighted by atomic mass is 10.2. The predicted molar refractivity (Wildman–Crippen MR) is 71.1 cm³/mol. The lowest BCUT2D eigenvalue weighted by Gasteiger charge is -2.27. The maximum Gasteiger partial charge on any atom is 0.409 e. The Bertz CT molecular complexity index is 476. The molecule has 7 nitrogen and oxygen atoms in total. The molecule has 1 saturated heterocycles. The molecule has 2 aliphatic rings. The van der Waals surface area contributed by atoms with Gasteiger partial charge in [-0.1, -0.05) is 6.08 Å². The van der Waals surface area contributed by atoms with Crippen molar-refractivity contribution in [3.63, 3.8) is 0 Å². The number of nitrogens with two attached hydrogens (primary N) is 1. The number of amides is 2. The maximum absolute atomic E-state index is 12.3. The SMILES string of the molecule is NC(=O)OC[N+]1=CCC=C(C(=O)N2CCOCC2)C=C1. The van der Waals surface area contributed by atoms with Crippen molar-refractivity contribution < 1.29 is 23.6 Å². The largest absolute Gasteiger partial charge is 0.409 e. The van der Waals surface area contributed by atoms with Gasteiger partial charge in [-0.25, -0.2) is 4.79 Å². The van der Waals surface area contributed by atoms with Crippen molar-refractivity contribution in [1.82, 2.24) is 4.90 Å². The van der Waals surface area contributed by atoms with Gasteiger partial charge in [0.1, 0.15) is 0 Å². The molecule has 2 aliphatic heterocycles. The van der Waals surface area contributed by atoms with Gasteiger partial charge < -0.3 is 20.1 Å². The lowest BCUT2D eigenvalue weighted by Crippen LogP contribution is -2.41. The molecule has 0 atom stereocenters. The van der Waals surface area contributed by atoms with E-state index in [-0.39, 0.29) is 12.6 Å². The summed E-state index contributed by atoms with van der Waals surface area (Å²) in [7, 11) is 0. The topological polar surface area (TPSA) is 84.9 Å². The van der Waals surface area contributed by atoms with E-state index in [0.717, 1.165) is 0 Å². The summed E-state index contributed by atoms with van der Waals surface area (Å²) in [5, 5.41) is 0. The van der Waals surface area contributed by atoms with Gasteiger partial charge in [-0.05, 0) is 0 Å². The van der Waals surface area contributed by atoms with Crippen LogP contribution in [0.25, 0.3) is 0 Å². The number of rotatable bonds is 3. The Kier molecular flexibility index (Phi) is 4.89. The van der Waals surface area contributed by atoms with E-state index in [2.05, 4.69) is 0 Å². The first-order chi connectivity index (χ1) is 9.66. The van der Waals surface area contributed by atoms with Crippen LogP contribution >= 0.6 is 0 Å². The highest BCUT2D eigenvalue weighted by atomic mass is 16.6. The van der Waals surface area contributed by atoms with Crippen LogP contribution in [0.2, 0.25) is 0 Å². The van der Waals surface area contributed by atoms with Crippen molar-refractivity contribution in [3.05, 3.63) is 23.9 Å². The van der Waals surface area contributed by atoms with Crippen molar-refractivity contribution in [2.45, 2.75) is 6.42 Å². The maximum atomic E-state index is 12.3. The fraction of sp³-hybridized carbons (Fsp3) is 0.462. The van der Waals surface area contributed by atoms with Gasteiger partial charge >= 0.3 is 6.09 Å². The van der Waals surface area contributed by atoms with Gasteiger partial charge in [0.2, 0.25) is 0 Å². The van der Waals surface area contributed by atoms with Crippen LogP contribution in [0.1, 0.15) is 6.42 Å². The van der Waals surface area contributed by atoms with E-state index < -0.39 is 6.09 Å². The number of hydrogen-bond acceptors (Lipinski definition) is 4. The van der Waals surface area contributed by atoms with E-state index >= 15 is 0 Å². The summed E-state index contributed by atoms with van der Waals surface area (Å²) in [6, 6.07) is 0. The highest BCUT2D eigenvalue weighted by Gasteiger charge is 2.20. The molecule has 0 unspecified atom stereocenters. The third-order valence-electron chi connectivity index (χ3n) is 3.02. The first kappa shape index (κ1) is 14.3. The lowest BCUT2D eigenvalue weighted by molar-refractivity contribution is -0.493. The van der Waals surface area contributed by atoms with Gasteiger partial charge in [-0.3, -0.25) is 4.79 Å². The molecule has 0 aromatic heterocycles. The molecule has 20 heavy (non-hydrogen) atoms. The average Bonchev–Trinajstić information content (AvgIpc) is 2.71. The smallest absolute Gasteiger partial charge is 0.389 e. The van der Waals surface area contributed by atoms with Crippen LogP contribution in [0.15, 0.2) is 23.9 Å². The number of primary amides is 1. The highest BCUT2D eigenvalue weighted by Crippen LogP contribution is 2.09. The molecule has 0 bridgehead atoms. The van der Waals surface area contributed by atoms with Gasteiger partial charge in [0.25, 0.3) is 12.6 Å². The summed E-state index contributed by atoms with van der Waals surface area (Å²) in [6.45, 7) is 2.42. The third-order valence-corrected chi connectivity index (χ3v) is 3.02. The van der Waals surface area contributed by atoms with Crippen LogP contribution in [0.4, 0.5) is 4.79 Å². The summed E-state index contributed by atoms with van der Waals surface area (Å²) in [6.07, 6.45) is 6.83. The fourth-order valence-corrected chi connectivity index (χ4v) is 1.96. The second-order valence-corrected chi connectivity index (χ2v) is 4.40. The van der Waals surface area contributed by atoms with Gasteiger partial charge in [0, 0.05) is 31.2 Å². The number of hydrogen-bond donors (Lipinski definition) is 1. The molecule has 2 heterocycles. The molecule has 108 valence electrons. The van der Waals surface area contributed by atoms with Crippen molar-refractivity contribution in [3.8, 4) is 0 Å². The Balaban J connectivity index is 1.94. The Morgan fingerprint density at radius 3 is 2.85 bits per heavy atom. The van der Waals surface area contributed by atoms with Crippen LogP contribution in [0.3, 0.4) is 0 Å². The van der Waals surface area contributed by atoms with Crippen LogP contribution in [0.5, 0.6) is 0 Å². The van der Waals surface area contributed by atoms with Crippen LogP contribution < -0.4 is 5.73 Å². The molecular weight excluding hydrogens is 262 g/mol. The monoisotopic (exact) mass is 280 g/mol. The van der Waals surface area contributed by atoms with Crippen LogP contribution in [0, 0.1) is 0 Å². The molecule has 0 aromatic rings. The molecule has 2 N–H and O–H groups in total. The summed E-state index contributed by atoms with van der Waals surface area (Å²) < 4.78 is 11.6. The van der Waals surface area contributed by atoms with E-state index in [0.29, 0.717) is 38.3 Å². The van der Waals surface area contributed by atoms with E-state index in [1.807, 2.05) is 12.3 Å². The Morgan fingerprint density at radius 2 is 2.15 bits per heavy atom. The van der Waals surface area contributed by atoms with E-state index in [1.54, 1.807) is 21.8 Å². The first-order valence-corrected chi connectivity index (χ1v) is 6.43. The molecule has 1 fully saturated rings. The van der Waals surface area contributed by atoms with Gasteiger partial charge in [0.05, 0.1) is 13.2 Å². The van der Waals surface area contributed by atoms with Gasteiger partial charge in [-0.15, -0.1) is 0 Å². The summed E-state index contributed by atoms with van der Waals surface area (Å²) in [5.41, 5.74) is 5.54. The highest BCUT2D eigenvalue weighted by molar-refractivity contribution is 5.96. The minimum Gasteiger partial charge on any atom is -0.389 e. The number of carbonyl (C=O) groups excluding carboxylic acids is 2. The molecule has 0 aliphatic carbocycles. The second kappa shape index (κ2) is 6.85. The van der Waals surface area contributed by atoms with Crippen LogP contribution in [-0.2, 0) is 14.3 Å². The van der Waals surface area contributed by atoms with E-state index in [1.165, 1.54) is 0 Å². The van der Waals surface area contributed by atoms with Crippen molar-refractivity contribution in [2.24, 2.45) is 5.73 Å². The quantitative estimate of drug-likeness (QED) is 0.727. The average molecular weight is 280 g/mol. The summed E-state index contributed by atoms with van der Waals surface area (Å²) in [4.78, 5) is 24.6. The third kappa shape index (κ3) is 3.92. The zero-order valence-electron chi connectivity index (χ0n) is 11.2. The number of allylic oxidation sites excluding steroid dienone is 1. The number of ether oxygens (including phenoxy) is 2. The van der Waals surface area contributed by atoms with Crippen molar-refractivity contribution in [2.75, 3.05) is 33.0 Å². The molecular formula is C13H18N3O4+. The number of morpholine rings is 1. The molecule has 2 amide bonds. The second-order valence-electron chi connectivity index (χ2n) is 4.40. The molecule has 0 radical (unpaired) electrons. The minimum atomic E-state index is -0.825. The Hall–Kier alpha value is -2.15. The number of nitrogens with zero attached hydrogens (tertiary/aromatic N) is 2. The molecule has 0 aromatic carbocycles. The van der Waals surface area contributed by atoms with Gasteiger partial charge in [-0.2, -0.15) is 4.58 Å². The van der Waals surface area contributed by atoms with E-state index in [4.69, 9.17) is 15.2 Å². The molecule has 2 rings (SSSR count). The Labute approximate surface area is 116 Å². The summed E-state index contributed by atoms with van der Waals surface area (Å²) >= 11 is 0. The van der Waals surface area contributed by atoms with E-state index in [9.17, 15) is 9.59 Å². The molecule has 7 heteroatoms. The first-order valence-electron chi connectivity index (χ1n) is 6.43. The van der Waals surface area contributed by atoms with Gasteiger partial charge in [0.15, 0.2) is 12.4 Å². The minimum absolute atomic E-state index is 0.00406. The normalized spacial score (nSPS) is 18.9. The Morgan fingerprint density at radius 1 is 1.40 bits per heavy atom.